The van der Waals surface area contributed by atoms with E-state index in [0.29, 0.717) is 13.2 Å². The minimum absolute atomic E-state index is 0.203. The Hall–Kier alpha value is -0.900. The van der Waals surface area contributed by atoms with Gasteiger partial charge in [-0.2, -0.15) is 0 Å². The van der Waals surface area contributed by atoms with Crippen molar-refractivity contribution in [1.29, 1.82) is 0 Å². The molecule has 0 amide bonds. The smallest absolute Gasteiger partial charge is 0.125 e. The summed E-state index contributed by atoms with van der Waals surface area (Å²) in [6.45, 7) is 5.31. The molecule has 0 aliphatic carbocycles. The first kappa shape index (κ1) is 19.1. The number of halogens is 2. The number of hydrogen-bond acceptors (Lipinski definition) is 3. The first-order valence-electron chi connectivity index (χ1n) is 7.53. The summed E-state index contributed by atoms with van der Waals surface area (Å²) >= 11 is 11.1. The Morgan fingerprint density at radius 3 is 2.27 bits per heavy atom. The molecule has 3 nitrogen and oxygen atoms in total. The summed E-state index contributed by atoms with van der Waals surface area (Å²) in [5.74, 6) is 1.69. The fraction of sp³-hybridized carbons (Fsp3) is 0.529. The zero-order valence-electron chi connectivity index (χ0n) is 13.2. The van der Waals surface area contributed by atoms with E-state index in [-0.39, 0.29) is 11.1 Å². The van der Waals surface area contributed by atoms with Crippen molar-refractivity contribution in [3.8, 4) is 11.5 Å². The second-order valence-electron chi connectivity index (χ2n) is 5.18. The van der Waals surface area contributed by atoms with Crippen LogP contribution in [0.5, 0.6) is 11.5 Å². The van der Waals surface area contributed by atoms with Crippen LogP contribution in [-0.2, 0) is 0 Å². The molecule has 0 aromatic heterocycles. The molecule has 0 spiro atoms. The minimum Gasteiger partial charge on any atom is -0.493 e. The van der Waals surface area contributed by atoms with E-state index in [4.69, 9.17) is 37.8 Å². The molecule has 0 saturated carbocycles. The molecule has 0 radical (unpaired) electrons. The molecule has 0 aliphatic heterocycles. The second kappa shape index (κ2) is 10.8. The van der Waals surface area contributed by atoms with Gasteiger partial charge in [0.1, 0.15) is 22.6 Å². The number of unbranched alkanes of at least 4 members (excludes halogenated alkanes) is 3. The maximum Gasteiger partial charge on any atom is 0.125 e. The van der Waals surface area contributed by atoms with Crippen molar-refractivity contribution in [2.45, 2.75) is 39.5 Å². The summed E-state index contributed by atoms with van der Waals surface area (Å²) in [5, 5.41) is 8.73. The van der Waals surface area contributed by atoms with Gasteiger partial charge in [-0.3, -0.25) is 0 Å². The molecule has 0 atom stereocenters. The Labute approximate surface area is 142 Å². The van der Waals surface area contributed by atoms with Crippen LogP contribution in [0.15, 0.2) is 22.7 Å². The molecule has 0 fully saturated rings. The quantitative estimate of drug-likeness (QED) is 0.610. The molecular formula is C17H24Cl2O3. The number of benzene rings is 1. The van der Waals surface area contributed by atoms with Gasteiger partial charge in [0.2, 0.25) is 0 Å². The lowest BCUT2D eigenvalue weighted by molar-refractivity contribution is 0.272. The lowest BCUT2D eigenvalue weighted by Gasteiger charge is -2.14. The van der Waals surface area contributed by atoms with E-state index in [0.717, 1.165) is 48.3 Å². The highest BCUT2D eigenvalue weighted by atomic mass is 35.5. The van der Waals surface area contributed by atoms with E-state index in [9.17, 15) is 0 Å². The van der Waals surface area contributed by atoms with Crippen LogP contribution in [-0.4, -0.2) is 24.9 Å². The summed E-state index contributed by atoms with van der Waals surface area (Å²) < 4.78 is 11.7. The average molecular weight is 347 g/mol. The maximum atomic E-state index is 8.73. The summed E-state index contributed by atoms with van der Waals surface area (Å²) in [5.41, 5.74) is 2.10. The average Bonchev–Trinajstić information content (AvgIpc) is 2.44. The number of rotatable bonds is 10. The van der Waals surface area contributed by atoms with Gasteiger partial charge in [-0.05, 0) is 62.4 Å². The Morgan fingerprint density at radius 1 is 1.05 bits per heavy atom. The van der Waals surface area contributed by atoms with Gasteiger partial charge in [-0.15, -0.1) is 0 Å². The standard InChI is InChI=1S/C17H24Cl2O3/c1-13-11-15(21-10-7-16(18)19)12-14(2)17(13)22-9-6-4-3-5-8-20/h7,11-12,20H,3-6,8-10H2,1-2H3. The number of hydrogen-bond donors (Lipinski definition) is 1. The molecule has 0 heterocycles. The molecule has 0 saturated heterocycles. The molecule has 1 N–H and O–H groups in total. The molecular weight excluding hydrogens is 323 g/mol. The van der Waals surface area contributed by atoms with E-state index < -0.39 is 0 Å². The minimum atomic E-state index is 0.203. The van der Waals surface area contributed by atoms with Gasteiger partial charge < -0.3 is 14.6 Å². The Balaban J connectivity index is 2.49. The number of aryl methyl sites for hydroxylation is 2. The molecule has 1 aromatic carbocycles. The van der Waals surface area contributed by atoms with Crippen LogP contribution >= 0.6 is 23.2 Å². The topological polar surface area (TPSA) is 38.7 Å². The number of aliphatic hydroxyl groups excluding tert-OH is 1. The highest BCUT2D eigenvalue weighted by molar-refractivity contribution is 6.55. The lowest BCUT2D eigenvalue weighted by Crippen LogP contribution is -2.02. The first-order chi connectivity index (χ1) is 10.5. The summed E-state index contributed by atoms with van der Waals surface area (Å²) in [6.07, 6.45) is 5.58. The first-order valence-corrected chi connectivity index (χ1v) is 8.29. The van der Waals surface area contributed by atoms with Crippen molar-refractivity contribution >= 4 is 23.2 Å². The van der Waals surface area contributed by atoms with Gasteiger partial charge in [0.05, 0.1) is 6.61 Å². The molecule has 124 valence electrons. The fourth-order valence-corrected chi connectivity index (χ4v) is 2.29. The van der Waals surface area contributed by atoms with Gasteiger partial charge >= 0.3 is 0 Å². The van der Waals surface area contributed by atoms with Gasteiger partial charge in [0.25, 0.3) is 0 Å². The van der Waals surface area contributed by atoms with Crippen molar-refractivity contribution in [1.82, 2.24) is 0 Å². The molecule has 22 heavy (non-hydrogen) atoms. The predicted octanol–water partition coefficient (Wildman–Crippen LogP) is 4.93. The normalized spacial score (nSPS) is 10.4. The molecule has 1 aromatic rings. The lowest BCUT2D eigenvalue weighted by atomic mass is 10.1. The van der Waals surface area contributed by atoms with Gasteiger partial charge in [0.15, 0.2) is 0 Å². The van der Waals surface area contributed by atoms with E-state index in [1.807, 2.05) is 26.0 Å². The van der Waals surface area contributed by atoms with Crippen molar-refractivity contribution in [3.63, 3.8) is 0 Å². The van der Waals surface area contributed by atoms with E-state index in [2.05, 4.69) is 0 Å². The monoisotopic (exact) mass is 346 g/mol. The van der Waals surface area contributed by atoms with E-state index >= 15 is 0 Å². The van der Waals surface area contributed by atoms with Crippen molar-refractivity contribution in [2.24, 2.45) is 0 Å². The molecule has 1 rings (SSSR count). The third kappa shape index (κ3) is 7.39. The van der Waals surface area contributed by atoms with Crippen molar-refractivity contribution < 1.29 is 14.6 Å². The van der Waals surface area contributed by atoms with Gasteiger partial charge in [-0.25, -0.2) is 0 Å². The van der Waals surface area contributed by atoms with Crippen LogP contribution in [0.3, 0.4) is 0 Å². The molecule has 0 aliphatic rings. The van der Waals surface area contributed by atoms with Crippen molar-refractivity contribution in [3.05, 3.63) is 33.8 Å². The van der Waals surface area contributed by atoms with Gasteiger partial charge in [-0.1, -0.05) is 29.6 Å². The second-order valence-corrected chi connectivity index (χ2v) is 6.19. The summed E-state index contributed by atoms with van der Waals surface area (Å²) in [7, 11) is 0. The molecule has 0 bridgehead atoms. The van der Waals surface area contributed by atoms with Crippen LogP contribution in [0.1, 0.15) is 36.8 Å². The van der Waals surface area contributed by atoms with E-state index in [1.54, 1.807) is 6.08 Å². The largest absolute Gasteiger partial charge is 0.493 e. The number of aliphatic hydroxyl groups is 1. The highest BCUT2D eigenvalue weighted by Crippen LogP contribution is 2.28. The Kier molecular flexibility index (Phi) is 9.37. The Bertz CT molecular complexity index is 460. The van der Waals surface area contributed by atoms with Crippen LogP contribution in [0, 0.1) is 13.8 Å². The maximum absolute atomic E-state index is 8.73. The van der Waals surface area contributed by atoms with Gasteiger partial charge in [0, 0.05) is 6.61 Å². The predicted molar refractivity (Wildman–Crippen MR) is 92.2 cm³/mol. The molecule has 0 unspecified atom stereocenters. The summed E-state index contributed by atoms with van der Waals surface area (Å²) in [6, 6.07) is 3.90. The van der Waals surface area contributed by atoms with Crippen LogP contribution in [0.2, 0.25) is 0 Å². The zero-order chi connectivity index (χ0) is 16.4. The highest BCUT2D eigenvalue weighted by Gasteiger charge is 2.07. The Morgan fingerprint density at radius 2 is 1.68 bits per heavy atom. The van der Waals surface area contributed by atoms with Crippen LogP contribution in [0.25, 0.3) is 0 Å². The third-order valence-corrected chi connectivity index (χ3v) is 3.53. The van der Waals surface area contributed by atoms with E-state index in [1.165, 1.54) is 0 Å². The third-order valence-electron chi connectivity index (χ3n) is 3.22. The van der Waals surface area contributed by atoms with Crippen LogP contribution in [0.4, 0.5) is 0 Å². The van der Waals surface area contributed by atoms with Crippen molar-refractivity contribution in [2.75, 3.05) is 19.8 Å². The SMILES string of the molecule is Cc1cc(OCC=C(Cl)Cl)cc(C)c1OCCCCCCO. The summed E-state index contributed by atoms with van der Waals surface area (Å²) in [4.78, 5) is 0. The fourth-order valence-electron chi connectivity index (χ4n) is 2.16. The van der Waals surface area contributed by atoms with Crippen LogP contribution < -0.4 is 9.47 Å². The zero-order valence-corrected chi connectivity index (χ0v) is 14.7. The molecule has 5 heteroatoms. The number of ether oxygens (including phenoxy) is 2.